The molecule has 0 spiro atoms. The molecule has 90 valence electrons. The molecule has 0 bridgehead atoms. The Hall–Kier alpha value is -0.0700. The minimum Gasteiger partial charge on any atom is -0.381 e. The second-order valence-corrected chi connectivity index (χ2v) is 7.37. The van der Waals surface area contributed by atoms with Crippen molar-refractivity contribution in [2.45, 2.75) is 52.3 Å². The molecule has 1 unspecified atom stereocenters. The van der Waals surface area contributed by atoms with Gasteiger partial charge in [0.2, 0.25) is 0 Å². The van der Waals surface area contributed by atoms with E-state index in [9.17, 15) is 9.67 Å². The quantitative estimate of drug-likeness (QED) is 0.510. The van der Waals surface area contributed by atoms with Crippen molar-refractivity contribution in [2.75, 3.05) is 12.3 Å². The Bertz CT molecular complexity index is 212. The fourth-order valence-corrected chi connectivity index (χ4v) is 4.50. The summed E-state index contributed by atoms with van der Waals surface area (Å²) in [7, 11) is -2.39. The van der Waals surface area contributed by atoms with E-state index >= 15 is 0 Å². The smallest absolute Gasteiger partial charge is 0.125 e. The molecule has 0 aromatic heterocycles. The van der Waals surface area contributed by atoms with Crippen LogP contribution in [0.15, 0.2) is 12.2 Å². The number of hydrogen-bond acceptors (Lipinski definition) is 2. The average molecular weight is 232 g/mol. The third-order valence-corrected chi connectivity index (χ3v) is 5.91. The van der Waals surface area contributed by atoms with Crippen molar-refractivity contribution in [3.8, 4) is 0 Å². The summed E-state index contributed by atoms with van der Waals surface area (Å²) in [5.74, 6) is -0.722. The predicted octanol–water partition coefficient (Wildman–Crippen LogP) is 3.84. The van der Waals surface area contributed by atoms with Crippen molar-refractivity contribution in [2.24, 2.45) is 0 Å². The van der Waals surface area contributed by atoms with Gasteiger partial charge < -0.3 is 9.67 Å². The fourth-order valence-electron chi connectivity index (χ4n) is 1.56. The number of hydrogen-bond donors (Lipinski definition) is 1. The SMILES string of the molecule is C/C=C/C(O)P(=O)(CCCC)CCCC. The van der Waals surface area contributed by atoms with Gasteiger partial charge in [0.25, 0.3) is 0 Å². The molecule has 0 aliphatic rings. The summed E-state index contributed by atoms with van der Waals surface area (Å²) in [6.45, 7) is 6.03. The Morgan fingerprint density at radius 3 is 2.00 bits per heavy atom. The van der Waals surface area contributed by atoms with Crippen LogP contribution in [0.1, 0.15) is 46.5 Å². The second-order valence-electron chi connectivity index (χ2n) is 4.05. The average Bonchev–Trinajstić information content (AvgIpc) is 2.24. The number of aliphatic hydroxyl groups is 1. The van der Waals surface area contributed by atoms with Crippen LogP contribution in [0.2, 0.25) is 0 Å². The maximum absolute atomic E-state index is 12.5. The topological polar surface area (TPSA) is 37.3 Å². The Morgan fingerprint density at radius 2 is 1.67 bits per heavy atom. The molecule has 0 rings (SSSR count). The first-order valence-corrected chi connectivity index (χ1v) is 8.14. The standard InChI is InChI=1S/C12H25O2P/c1-4-7-10-15(14,11-8-5-2)12(13)9-6-3/h6,9,12-13H,4-5,7-8,10-11H2,1-3H3/b9-6+. The summed E-state index contributed by atoms with van der Waals surface area (Å²) in [5, 5.41) is 9.87. The maximum Gasteiger partial charge on any atom is 0.125 e. The molecule has 0 saturated carbocycles. The Kier molecular flexibility index (Phi) is 8.09. The zero-order valence-electron chi connectivity index (χ0n) is 10.3. The highest BCUT2D eigenvalue weighted by Gasteiger charge is 2.27. The lowest BCUT2D eigenvalue weighted by Crippen LogP contribution is -2.10. The van der Waals surface area contributed by atoms with Crippen LogP contribution in [0.3, 0.4) is 0 Å². The zero-order chi connectivity index (χ0) is 11.7. The molecular formula is C12H25O2P. The lowest BCUT2D eigenvalue weighted by atomic mass is 10.4. The molecule has 0 aliphatic heterocycles. The van der Waals surface area contributed by atoms with Gasteiger partial charge in [-0.15, -0.1) is 0 Å². The normalized spacial score (nSPS) is 14.7. The molecule has 0 radical (unpaired) electrons. The van der Waals surface area contributed by atoms with E-state index < -0.39 is 13.0 Å². The van der Waals surface area contributed by atoms with Gasteiger partial charge in [-0.1, -0.05) is 38.8 Å². The van der Waals surface area contributed by atoms with E-state index in [-0.39, 0.29) is 0 Å². The van der Waals surface area contributed by atoms with Crippen molar-refractivity contribution in [1.29, 1.82) is 0 Å². The number of aliphatic hydroxyl groups excluding tert-OH is 1. The highest BCUT2D eigenvalue weighted by atomic mass is 31.2. The van der Waals surface area contributed by atoms with Crippen LogP contribution in [-0.4, -0.2) is 23.3 Å². The minimum absolute atomic E-state index is 0.689. The molecule has 1 N–H and O–H groups in total. The van der Waals surface area contributed by atoms with E-state index in [1.165, 1.54) is 0 Å². The van der Waals surface area contributed by atoms with Gasteiger partial charge in [-0.05, 0) is 19.8 Å². The van der Waals surface area contributed by atoms with E-state index in [2.05, 4.69) is 13.8 Å². The van der Waals surface area contributed by atoms with E-state index in [1.807, 2.05) is 6.92 Å². The predicted molar refractivity (Wildman–Crippen MR) is 68.0 cm³/mol. The van der Waals surface area contributed by atoms with Crippen LogP contribution < -0.4 is 0 Å². The summed E-state index contributed by atoms with van der Waals surface area (Å²) >= 11 is 0. The van der Waals surface area contributed by atoms with Gasteiger partial charge in [0.05, 0.1) is 0 Å². The van der Waals surface area contributed by atoms with Gasteiger partial charge in [0.15, 0.2) is 0 Å². The molecule has 0 aliphatic carbocycles. The number of rotatable bonds is 8. The van der Waals surface area contributed by atoms with Crippen LogP contribution in [0.5, 0.6) is 0 Å². The molecule has 0 fully saturated rings. The third-order valence-electron chi connectivity index (χ3n) is 2.63. The van der Waals surface area contributed by atoms with Crippen molar-refractivity contribution in [1.82, 2.24) is 0 Å². The summed E-state index contributed by atoms with van der Waals surface area (Å²) in [6, 6.07) is 0. The van der Waals surface area contributed by atoms with Crippen molar-refractivity contribution >= 4 is 7.14 Å². The molecule has 0 aromatic carbocycles. The summed E-state index contributed by atoms with van der Waals surface area (Å²) in [4.78, 5) is 0. The molecule has 0 saturated heterocycles. The zero-order valence-corrected chi connectivity index (χ0v) is 11.2. The molecule has 0 amide bonds. The van der Waals surface area contributed by atoms with E-state index in [0.29, 0.717) is 12.3 Å². The summed E-state index contributed by atoms with van der Waals surface area (Å²) < 4.78 is 12.5. The van der Waals surface area contributed by atoms with Crippen molar-refractivity contribution < 1.29 is 9.67 Å². The van der Waals surface area contributed by atoms with Crippen LogP contribution in [0, 0.1) is 0 Å². The monoisotopic (exact) mass is 232 g/mol. The summed E-state index contributed by atoms with van der Waals surface area (Å²) in [6.07, 6.45) is 8.83. The largest absolute Gasteiger partial charge is 0.381 e. The first-order valence-electron chi connectivity index (χ1n) is 5.99. The highest BCUT2D eigenvalue weighted by molar-refractivity contribution is 7.64. The molecular weight excluding hydrogens is 207 g/mol. The first-order chi connectivity index (χ1) is 7.10. The molecule has 2 nitrogen and oxygen atoms in total. The maximum atomic E-state index is 12.5. The summed E-state index contributed by atoms with van der Waals surface area (Å²) in [5.41, 5.74) is 0. The van der Waals surface area contributed by atoms with Crippen molar-refractivity contribution in [3.05, 3.63) is 12.2 Å². The van der Waals surface area contributed by atoms with Gasteiger partial charge in [0, 0.05) is 12.3 Å². The van der Waals surface area contributed by atoms with Gasteiger partial charge >= 0.3 is 0 Å². The molecule has 1 atom stereocenters. The second kappa shape index (κ2) is 8.13. The van der Waals surface area contributed by atoms with Gasteiger partial charge in [-0.2, -0.15) is 0 Å². The molecule has 15 heavy (non-hydrogen) atoms. The van der Waals surface area contributed by atoms with E-state index in [4.69, 9.17) is 0 Å². The van der Waals surface area contributed by atoms with Gasteiger partial charge in [-0.25, -0.2) is 0 Å². The van der Waals surface area contributed by atoms with Gasteiger partial charge in [-0.3, -0.25) is 0 Å². The van der Waals surface area contributed by atoms with E-state index in [0.717, 1.165) is 25.7 Å². The Morgan fingerprint density at radius 1 is 1.20 bits per heavy atom. The molecule has 0 aromatic rings. The Balaban J connectivity index is 4.45. The van der Waals surface area contributed by atoms with Gasteiger partial charge in [0.1, 0.15) is 13.0 Å². The van der Waals surface area contributed by atoms with Crippen molar-refractivity contribution in [3.63, 3.8) is 0 Å². The third kappa shape index (κ3) is 5.53. The minimum atomic E-state index is -2.39. The van der Waals surface area contributed by atoms with Crippen LogP contribution >= 0.6 is 7.14 Å². The number of unbranched alkanes of at least 4 members (excludes halogenated alkanes) is 2. The highest BCUT2D eigenvalue weighted by Crippen LogP contribution is 2.51. The van der Waals surface area contributed by atoms with Crippen LogP contribution in [0.4, 0.5) is 0 Å². The first kappa shape index (κ1) is 14.9. The molecule has 3 heteroatoms. The fraction of sp³-hybridized carbons (Fsp3) is 0.833. The number of allylic oxidation sites excluding steroid dienone is 1. The lowest BCUT2D eigenvalue weighted by molar-refractivity contribution is 0.291. The van der Waals surface area contributed by atoms with Crippen LogP contribution in [-0.2, 0) is 4.57 Å². The Labute approximate surface area is 94.1 Å². The van der Waals surface area contributed by atoms with E-state index in [1.54, 1.807) is 12.2 Å². The molecule has 0 heterocycles. The lowest BCUT2D eigenvalue weighted by Gasteiger charge is -2.21. The van der Waals surface area contributed by atoms with Crippen LogP contribution in [0.25, 0.3) is 0 Å².